The number of fused-ring (bicyclic) bond motifs is 3. The highest BCUT2D eigenvalue weighted by atomic mass is 32.1. The van der Waals surface area contributed by atoms with Crippen molar-refractivity contribution in [2.75, 3.05) is 33.3 Å². The van der Waals surface area contributed by atoms with Crippen LogP contribution < -0.4 is 4.74 Å². The van der Waals surface area contributed by atoms with E-state index in [0.717, 1.165) is 52.8 Å². The maximum atomic E-state index is 13.3. The summed E-state index contributed by atoms with van der Waals surface area (Å²) in [6.07, 6.45) is 0. The fraction of sp³-hybridized carbons (Fsp3) is 0.241. The van der Waals surface area contributed by atoms with Crippen molar-refractivity contribution < 1.29 is 13.9 Å². The number of hydrogen-bond donors (Lipinski definition) is 0. The molecular weight excluding hydrogens is 487 g/mol. The Morgan fingerprint density at radius 3 is 2.43 bits per heavy atom. The molecule has 1 fully saturated rings. The van der Waals surface area contributed by atoms with E-state index in [1.807, 2.05) is 17.0 Å². The average molecular weight is 515 g/mol. The first-order valence-electron chi connectivity index (χ1n) is 12.3. The highest BCUT2D eigenvalue weighted by Crippen LogP contribution is 2.35. The van der Waals surface area contributed by atoms with Gasteiger partial charge in [-0.3, -0.25) is 14.1 Å². The van der Waals surface area contributed by atoms with Gasteiger partial charge in [-0.25, -0.2) is 9.37 Å². The van der Waals surface area contributed by atoms with Gasteiger partial charge in [0.25, 0.3) is 5.91 Å². The Labute approximate surface area is 218 Å². The second-order valence-electron chi connectivity index (χ2n) is 9.40. The second kappa shape index (κ2) is 9.61. The summed E-state index contributed by atoms with van der Waals surface area (Å²) in [5.74, 6) is 0.427. The molecule has 0 saturated carbocycles. The number of halogens is 1. The lowest BCUT2D eigenvalue weighted by atomic mass is 10.1. The Hall–Kier alpha value is -3.75. The molecule has 1 amide bonds. The number of piperazine rings is 1. The third kappa shape index (κ3) is 4.47. The minimum absolute atomic E-state index is 0.0514. The van der Waals surface area contributed by atoms with E-state index in [1.165, 1.54) is 22.4 Å². The van der Waals surface area contributed by atoms with Gasteiger partial charge in [0, 0.05) is 43.9 Å². The number of hydrogen-bond acceptors (Lipinski definition) is 5. The van der Waals surface area contributed by atoms with Crippen molar-refractivity contribution in [1.82, 2.24) is 19.2 Å². The van der Waals surface area contributed by atoms with Crippen LogP contribution in [0, 0.1) is 12.7 Å². The summed E-state index contributed by atoms with van der Waals surface area (Å²) >= 11 is 1.71. The lowest BCUT2D eigenvalue weighted by molar-refractivity contribution is 0.0627. The molecule has 6 rings (SSSR count). The molecule has 0 atom stereocenters. The Morgan fingerprint density at radius 2 is 1.73 bits per heavy atom. The van der Waals surface area contributed by atoms with E-state index >= 15 is 0 Å². The first-order chi connectivity index (χ1) is 18.0. The molecule has 37 heavy (non-hydrogen) atoms. The molecule has 0 radical (unpaired) electrons. The second-order valence-corrected chi connectivity index (χ2v) is 10.4. The van der Waals surface area contributed by atoms with Crippen molar-refractivity contribution in [1.29, 1.82) is 0 Å². The van der Waals surface area contributed by atoms with E-state index in [9.17, 15) is 9.18 Å². The first-order valence-corrected chi connectivity index (χ1v) is 13.1. The van der Waals surface area contributed by atoms with E-state index in [2.05, 4.69) is 46.6 Å². The molecule has 0 bridgehead atoms. The van der Waals surface area contributed by atoms with E-state index in [-0.39, 0.29) is 11.7 Å². The molecule has 6 nitrogen and oxygen atoms in total. The molecular formula is C29H27FN4O2S. The number of ether oxygens (including phenoxy) is 1. The van der Waals surface area contributed by atoms with Crippen molar-refractivity contribution >= 4 is 32.4 Å². The molecule has 0 aliphatic carbocycles. The number of benzene rings is 3. The van der Waals surface area contributed by atoms with Gasteiger partial charge in [-0.05, 0) is 73.2 Å². The van der Waals surface area contributed by atoms with Crippen molar-refractivity contribution in [2.45, 2.75) is 13.5 Å². The van der Waals surface area contributed by atoms with Crippen LogP contribution in [0.1, 0.15) is 21.6 Å². The highest BCUT2D eigenvalue weighted by Gasteiger charge is 2.25. The SMILES string of the molecule is COc1ccc(-c2nc3sc4cc(C)ccc4n3c2CN2CCN(C(=O)c3ccc(F)cc3)CC2)cc1. The number of amides is 1. The number of carbonyl (C=O) groups excluding carboxylic acids is 1. The topological polar surface area (TPSA) is 50.1 Å². The smallest absolute Gasteiger partial charge is 0.253 e. The number of aryl methyl sites for hydroxylation is 1. The van der Waals surface area contributed by atoms with Gasteiger partial charge in [0.1, 0.15) is 11.6 Å². The van der Waals surface area contributed by atoms with Gasteiger partial charge in [0.15, 0.2) is 4.96 Å². The Morgan fingerprint density at radius 1 is 1.00 bits per heavy atom. The summed E-state index contributed by atoms with van der Waals surface area (Å²) in [5, 5.41) is 0. The molecule has 0 N–H and O–H groups in total. The van der Waals surface area contributed by atoms with Crippen molar-refractivity contribution in [3.8, 4) is 17.0 Å². The molecule has 5 aromatic rings. The summed E-state index contributed by atoms with van der Waals surface area (Å²) < 4.78 is 22.1. The number of methoxy groups -OCH3 is 1. The lowest BCUT2D eigenvalue weighted by Gasteiger charge is -2.34. The minimum atomic E-state index is -0.336. The van der Waals surface area contributed by atoms with Gasteiger partial charge in [-0.15, -0.1) is 0 Å². The van der Waals surface area contributed by atoms with Gasteiger partial charge in [-0.2, -0.15) is 0 Å². The van der Waals surface area contributed by atoms with Crippen LogP contribution in [0.3, 0.4) is 0 Å². The normalized spacial score (nSPS) is 14.5. The minimum Gasteiger partial charge on any atom is -0.497 e. The van der Waals surface area contributed by atoms with E-state index in [0.29, 0.717) is 18.7 Å². The molecule has 3 aromatic carbocycles. The zero-order chi connectivity index (χ0) is 25.5. The Kier molecular flexibility index (Phi) is 6.14. The summed E-state index contributed by atoms with van der Waals surface area (Å²) in [4.78, 5) is 23.2. The van der Waals surface area contributed by atoms with E-state index < -0.39 is 0 Å². The van der Waals surface area contributed by atoms with Crippen LogP contribution in [0.15, 0.2) is 66.7 Å². The molecule has 8 heteroatoms. The summed E-state index contributed by atoms with van der Waals surface area (Å²) in [7, 11) is 1.67. The van der Waals surface area contributed by atoms with Crippen molar-refractivity contribution in [3.05, 3.63) is 89.4 Å². The van der Waals surface area contributed by atoms with Crippen LogP contribution in [0.2, 0.25) is 0 Å². The number of thiazole rings is 1. The Balaban J connectivity index is 1.30. The van der Waals surface area contributed by atoms with Crippen molar-refractivity contribution in [3.63, 3.8) is 0 Å². The number of carbonyl (C=O) groups is 1. The maximum absolute atomic E-state index is 13.3. The first kappa shape index (κ1) is 23.6. The quantitative estimate of drug-likeness (QED) is 0.305. The predicted molar refractivity (Wildman–Crippen MR) is 145 cm³/mol. The van der Waals surface area contributed by atoms with Crippen LogP contribution >= 0.6 is 11.3 Å². The van der Waals surface area contributed by atoms with E-state index in [4.69, 9.17) is 9.72 Å². The van der Waals surface area contributed by atoms with Gasteiger partial charge in [0.05, 0.1) is 28.7 Å². The highest BCUT2D eigenvalue weighted by molar-refractivity contribution is 7.23. The zero-order valence-electron chi connectivity index (χ0n) is 20.8. The average Bonchev–Trinajstić information content (AvgIpc) is 3.45. The molecule has 1 aliphatic rings. The number of imidazole rings is 1. The molecule has 0 unspecified atom stereocenters. The molecule has 3 heterocycles. The van der Waals surface area contributed by atoms with Gasteiger partial charge in [0.2, 0.25) is 0 Å². The fourth-order valence-electron chi connectivity index (χ4n) is 4.96. The predicted octanol–water partition coefficient (Wildman–Crippen LogP) is 5.63. The third-order valence-corrected chi connectivity index (χ3v) is 7.99. The standard InChI is InChI=1S/C29H27FN4O2S/c1-19-3-12-24-26(17-19)37-29-31-27(20-6-10-23(36-2)11-7-20)25(34(24)29)18-32-13-15-33(16-14-32)28(35)21-4-8-22(30)9-5-21/h3-12,17H,13-16,18H2,1-2H3. The van der Waals surface area contributed by atoms with Crippen LogP contribution in [-0.4, -0.2) is 58.4 Å². The summed E-state index contributed by atoms with van der Waals surface area (Å²) in [6.45, 7) is 5.59. The van der Waals surface area contributed by atoms with Crippen LogP contribution in [0.4, 0.5) is 4.39 Å². The van der Waals surface area contributed by atoms with Crippen LogP contribution in [0.5, 0.6) is 5.75 Å². The molecule has 1 aliphatic heterocycles. The monoisotopic (exact) mass is 514 g/mol. The van der Waals surface area contributed by atoms with Crippen LogP contribution in [-0.2, 0) is 6.54 Å². The molecule has 1 saturated heterocycles. The van der Waals surface area contributed by atoms with Gasteiger partial charge < -0.3 is 9.64 Å². The van der Waals surface area contributed by atoms with Crippen molar-refractivity contribution in [2.24, 2.45) is 0 Å². The maximum Gasteiger partial charge on any atom is 0.253 e. The number of aromatic nitrogens is 2. The van der Waals surface area contributed by atoms with Gasteiger partial charge >= 0.3 is 0 Å². The number of nitrogens with zero attached hydrogens (tertiary/aromatic N) is 4. The Bertz CT molecular complexity index is 1580. The fourth-order valence-corrected chi connectivity index (χ4v) is 6.10. The summed E-state index contributed by atoms with van der Waals surface area (Å²) in [6, 6.07) is 20.4. The third-order valence-electron chi connectivity index (χ3n) is 6.99. The summed E-state index contributed by atoms with van der Waals surface area (Å²) in [5.41, 5.74) is 6.09. The molecule has 188 valence electrons. The largest absolute Gasteiger partial charge is 0.497 e. The van der Waals surface area contributed by atoms with Crippen LogP contribution in [0.25, 0.3) is 26.4 Å². The zero-order valence-corrected chi connectivity index (χ0v) is 21.6. The van der Waals surface area contributed by atoms with Gasteiger partial charge in [-0.1, -0.05) is 17.4 Å². The molecule has 2 aromatic heterocycles. The lowest BCUT2D eigenvalue weighted by Crippen LogP contribution is -2.48. The van der Waals surface area contributed by atoms with E-state index in [1.54, 1.807) is 30.6 Å². The molecule has 0 spiro atoms. The number of rotatable bonds is 5.